The molecule has 1 aromatic rings. The third-order valence-corrected chi connectivity index (χ3v) is 4.31. The average Bonchev–Trinajstić information content (AvgIpc) is 2.81. The van der Waals surface area contributed by atoms with E-state index in [2.05, 4.69) is 5.32 Å². The number of aryl methyl sites for hydroxylation is 1. The van der Waals surface area contributed by atoms with Crippen LogP contribution in [0.4, 0.5) is 0 Å². The maximum absolute atomic E-state index is 12.6. The minimum Gasteiger partial charge on any atom is -0.464 e. The summed E-state index contributed by atoms with van der Waals surface area (Å²) in [6.45, 7) is 7.47. The monoisotopic (exact) mass is 282 g/mol. The molecule has 106 valence electrons. The van der Waals surface area contributed by atoms with Crippen LogP contribution in [-0.2, 0) is 11.3 Å². The number of amides is 1. The molecular weight excluding hydrogens is 260 g/mol. The summed E-state index contributed by atoms with van der Waals surface area (Å²) in [5.74, 6) is 3.86. The Morgan fingerprint density at radius 1 is 1.58 bits per heavy atom. The van der Waals surface area contributed by atoms with Gasteiger partial charge in [0.15, 0.2) is 0 Å². The number of carbonyl (C=O) groups excluding carboxylic acids is 1. The van der Waals surface area contributed by atoms with Crippen molar-refractivity contribution >= 4 is 17.7 Å². The zero-order chi connectivity index (χ0) is 13.8. The summed E-state index contributed by atoms with van der Waals surface area (Å²) >= 11 is 1.84. The zero-order valence-electron chi connectivity index (χ0n) is 11.8. The molecule has 1 saturated heterocycles. The van der Waals surface area contributed by atoms with E-state index in [0.717, 1.165) is 29.6 Å². The number of rotatable bonds is 4. The van der Waals surface area contributed by atoms with Gasteiger partial charge in [-0.15, -0.1) is 0 Å². The van der Waals surface area contributed by atoms with Gasteiger partial charge in [-0.3, -0.25) is 4.79 Å². The number of nitrogens with zero attached hydrogens (tertiary/aromatic N) is 1. The standard InChI is InChI=1S/C14H22N2O2S/c1-10(2)16(8-12-5-4-11(3)18-12)14(17)13-9-19-7-6-15-13/h4-5,10,13,15H,6-9H2,1-3H3. The molecule has 1 amide bonds. The first-order valence-corrected chi connectivity index (χ1v) is 7.90. The number of furan rings is 1. The number of nitrogens with one attached hydrogen (secondary N) is 1. The van der Waals surface area contributed by atoms with Crippen molar-refractivity contribution in [1.82, 2.24) is 10.2 Å². The maximum atomic E-state index is 12.6. The highest BCUT2D eigenvalue weighted by molar-refractivity contribution is 7.99. The summed E-state index contributed by atoms with van der Waals surface area (Å²) in [5, 5.41) is 3.30. The Morgan fingerprint density at radius 2 is 2.37 bits per heavy atom. The van der Waals surface area contributed by atoms with E-state index in [-0.39, 0.29) is 18.0 Å². The molecule has 1 aromatic heterocycles. The first kappa shape index (κ1) is 14.5. The van der Waals surface area contributed by atoms with E-state index in [0.29, 0.717) is 6.54 Å². The fourth-order valence-electron chi connectivity index (χ4n) is 2.18. The lowest BCUT2D eigenvalue weighted by Gasteiger charge is -2.32. The van der Waals surface area contributed by atoms with Crippen molar-refractivity contribution in [3.63, 3.8) is 0 Å². The smallest absolute Gasteiger partial charge is 0.241 e. The molecule has 1 atom stereocenters. The molecule has 1 fully saturated rings. The predicted molar refractivity (Wildman–Crippen MR) is 78.2 cm³/mol. The highest BCUT2D eigenvalue weighted by atomic mass is 32.2. The second kappa shape index (κ2) is 6.48. The first-order valence-electron chi connectivity index (χ1n) is 6.75. The van der Waals surface area contributed by atoms with E-state index >= 15 is 0 Å². The minimum absolute atomic E-state index is 0.0581. The third kappa shape index (κ3) is 3.76. The fourth-order valence-corrected chi connectivity index (χ4v) is 3.10. The fraction of sp³-hybridized carbons (Fsp3) is 0.643. The van der Waals surface area contributed by atoms with Crippen LogP contribution in [0.3, 0.4) is 0 Å². The summed E-state index contributed by atoms with van der Waals surface area (Å²) in [6, 6.07) is 4.00. The van der Waals surface area contributed by atoms with E-state index in [9.17, 15) is 4.79 Å². The second-order valence-corrected chi connectivity index (χ2v) is 6.30. The van der Waals surface area contributed by atoms with Crippen molar-refractivity contribution in [3.8, 4) is 0 Å². The van der Waals surface area contributed by atoms with Crippen molar-refractivity contribution in [2.75, 3.05) is 18.1 Å². The molecule has 1 N–H and O–H groups in total. The van der Waals surface area contributed by atoms with E-state index in [1.165, 1.54) is 0 Å². The molecule has 5 heteroatoms. The molecule has 0 spiro atoms. The van der Waals surface area contributed by atoms with Crippen LogP contribution in [0.5, 0.6) is 0 Å². The lowest BCUT2D eigenvalue weighted by molar-refractivity contribution is -0.135. The summed E-state index contributed by atoms with van der Waals surface area (Å²) in [5.41, 5.74) is 0. The molecule has 0 radical (unpaired) electrons. The molecule has 0 bridgehead atoms. The maximum Gasteiger partial charge on any atom is 0.241 e. The van der Waals surface area contributed by atoms with Gasteiger partial charge in [0.1, 0.15) is 11.5 Å². The lowest BCUT2D eigenvalue weighted by Crippen LogP contribution is -2.52. The van der Waals surface area contributed by atoms with Gasteiger partial charge >= 0.3 is 0 Å². The van der Waals surface area contributed by atoms with Crippen LogP contribution in [0, 0.1) is 6.92 Å². The summed E-state index contributed by atoms with van der Waals surface area (Å²) in [6.07, 6.45) is 0. The van der Waals surface area contributed by atoms with Gasteiger partial charge in [0.25, 0.3) is 0 Å². The molecule has 0 aromatic carbocycles. The van der Waals surface area contributed by atoms with Gasteiger partial charge in [0.2, 0.25) is 5.91 Å². The van der Waals surface area contributed by atoms with Gasteiger partial charge in [0, 0.05) is 24.1 Å². The molecule has 1 unspecified atom stereocenters. The zero-order valence-corrected chi connectivity index (χ0v) is 12.6. The summed E-state index contributed by atoms with van der Waals surface area (Å²) < 4.78 is 5.58. The topological polar surface area (TPSA) is 45.5 Å². The van der Waals surface area contributed by atoms with Crippen LogP contribution in [0.15, 0.2) is 16.5 Å². The quantitative estimate of drug-likeness (QED) is 0.918. The number of hydrogen-bond donors (Lipinski definition) is 1. The molecule has 0 aliphatic carbocycles. The summed E-state index contributed by atoms with van der Waals surface area (Å²) in [7, 11) is 0. The lowest BCUT2D eigenvalue weighted by atomic mass is 10.2. The highest BCUT2D eigenvalue weighted by Crippen LogP contribution is 2.16. The van der Waals surface area contributed by atoms with Gasteiger partial charge in [0.05, 0.1) is 12.6 Å². The molecule has 1 aliphatic rings. The predicted octanol–water partition coefficient (Wildman–Crippen LogP) is 2.03. The van der Waals surface area contributed by atoms with E-state index in [4.69, 9.17) is 4.42 Å². The molecular formula is C14H22N2O2S. The van der Waals surface area contributed by atoms with Crippen molar-refractivity contribution < 1.29 is 9.21 Å². The number of carbonyl (C=O) groups is 1. The molecule has 19 heavy (non-hydrogen) atoms. The molecule has 0 saturated carbocycles. The van der Waals surface area contributed by atoms with Crippen LogP contribution in [0.25, 0.3) is 0 Å². The SMILES string of the molecule is Cc1ccc(CN(C(=O)C2CSCCN2)C(C)C)o1. The van der Waals surface area contributed by atoms with E-state index in [1.54, 1.807) is 0 Å². The first-order chi connectivity index (χ1) is 9.08. The third-order valence-electron chi connectivity index (χ3n) is 3.25. The van der Waals surface area contributed by atoms with Gasteiger partial charge < -0.3 is 14.6 Å². The van der Waals surface area contributed by atoms with Crippen LogP contribution >= 0.6 is 11.8 Å². The van der Waals surface area contributed by atoms with Crippen molar-refractivity contribution in [3.05, 3.63) is 23.7 Å². The minimum atomic E-state index is -0.0581. The van der Waals surface area contributed by atoms with Crippen molar-refractivity contribution in [2.24, 2.45) is 0 Å². The van der Waals surface area contributed by atoms with Crippen molar-refractivity contribution in [2.45, 2.75) is 39.4 Å². The van der Waals surface area contributed by atoms with E-state index in [1.807, 2.05) is 49.6 Å². The summed E-state index contributed by atoms with van der Waals surface area (Å²) in [4.78, 5) is 14.5. The van der Waals surface area contributed by atoms with Gasteiger partial charge in [-0.1, -0.05) is 0 Å². The van der Waals surface area contributed by atoms with Crippen LogP contribution in [0.1, 0.15) is 25.4 Å². The molecule has 2 rings (SSSR count). The molecule has 1 aliphatic heterocycles. The largest absolute Gasteiger partial charge is 0.464 e. The highest BCUT2D eigenvalue weighted by Gasteiger charge is 2.28. The Balaban J connectivity index is 2.04. The Bertz CT molecular complexity index is 425. The van der Waals surface area contributed by atoms with Crippen molar-refractivity contribution in [1.29, 1.82) is 0 Å². The molecule has 2 heterocycles. The Hall–Kier alpha value is -0.940. The average molecular weight is 282 g/mol. The van der Waals surface area contributed by atoms with Gasteiger partial charge in [-0.05, 0) is 32.9 Å². The second-order valence-electron chi connectivity index (χ2n) is 5.15. The van der Waals surface area contributed by atoms with Gasteiger partial charge in [-0.25, -0.2) is 0 Å². The Morgan fingerprint density at radius 3 is 2.89 bits per heavy atom. The molecule has 4 nitrogen and oxygen atoms in total. The van der Waals surface area contributed by atoms with Crippen LogP contribution in [-0.4, -0.2) is 40.9 Å². The van der Waals surface area contributed by atoms with Gasteiger partial charge in [-0.2, -0.15) is 11.8 Å². The van der Waals surface area contributed by atoms with Crippen LogP contribution < -0.4 is 5.32 Å². The van der Waals surface area contributed by atoms with E-state index < -0.39 is 0 Å². The number of thioether (sulfide) groups is 1. The Kier molecular flexibility index (Phi) is 4.93. The normalized spacial score (nSPS) is 19.7. The Labute approximate surface area is 118 Å². The number of hydrogen-bond acceptors (Lipinski definition) is 4. The van der Waals surface area contributed by atoms with Crippen LogP contribution in [0.2, 0.25) is 0 Å².